The van der Waals surface area contributed by atoms with Gasteiger partial charge in [0.25, 0.3) is 0 Å². The maximum Gasteiger partial charge on any atom is 0.354 e. The van der Waals surface area contributed by atoms with E-state index in [0.29, 0.717) is 5.69 Å². The molecule has 0 bridgehead atoms. The van der Waals surface area contributed by atoms with Crippen molar-refractivity contribution >= 4 is 5.97 Å². The smallest absolute Gasteiger partial charge is 0.354 e. The molecule has 1 aromatic rings. The molecule has 1 fully saturated rings. The van der Waals surface area contributed by atoms with Crippen LogP contribution >= 0.6 is 0 Å². The van der Waals surface area contributed by atoms with Crippen molar-refractivity contribution in [1.82, 2.24) is 9.97 Å². The summed E-state index contributed by atoms with van der Waals surface area (Å²) in [5.41, 5.74) is 0.591. The summed E-state index contributed by atoms with van der Waals surface area (Å²) in [5.74, 6) is -1.06. The molecule has 1 aliphatic carbocycles. The Morgan fingerprint density at radius 2 is 2.27 bits per heavy atom. The Morgan fingerprint density at radius 1 is 1.53 bits per heavy atom. The van der Waals surface area contributed by atoms with Crippen LogP contribution in [-0.2, 0) is 0 Å². The standard InChI is InChI=1S/C10H12N2O3/c1-6-5-8(9(13)14)12-10(11-6)15-7-3-2-4-7/h5,7H,2-4H2,1H3,(H,13,14). The maximum absolute atomic E-state index is 10.7. The van der Waals surface area contributed by atoms with Gasteiger partial charge in [0.05, 0.1) is 0 Å². The number of carboxylic acids is 1. The Balaban J connectivity index is 2.18. The molecular formula is C10H12N2O3. The van der Waals surface area contributed by atoms with E-state index in [1.165, 1.54) is 6.07 Å². The predicted octanol–water partition coefficient (Wildman–Crippen LogP) is 1.41. The monoisotopic (exact) mass is 208 g/mol. The van der Waals surface area contributed by atoms with Crippen molar-refractivity contribution in [3.63, 3.8) is 0 Å². The summed E-state index contributed by atoms with van der Waals surface area (Å²) in [6.07, 6.45) is 3.32. The lowest BCUT2D eigenvalue weighted by molar-refractivity contribution is 0.0682. The summed E-state index contributed by atoms with van der Waals surface area (Å²) in [6.45, 7) is 1.72. The van der Waals surface area contributed by atoms with E-state index in [9.17, 15) is 4.79 Å². The maximum atomic E-state index is 10.7. The molecule has 0 aliphatic heterocycles. The third-order valence-corrected chi connectivity index (χ3v) is 2.38. The number of hydrogen-bond acceptors (Lipinski definition) is 4. The fourth-order valence-corrected chi connectivity index (χ4v) is 1.34. The van der Waals surface area contributed by atoms with Crippen LogP contribution < -0.4 is 4.74 Å². The first-order valence-electron chi connectivity index (χ1n) is 4.91. The Kier molecular flexibility index (Phi) is 2.53. The molecule has 1 saturated carbocycles. The molecule has 1 aromatic heterocycles. The van der Waals surface area contributed by atoms with Crippen LogP contribution in [0.2, 0.25) is 0 Å². The van der Waals surface area contributed by atoms with E-state index in [0.717, 1.165) is 19.3 Å². The molecule has 0 unspecified atom stereocenters. The SMILES string of the molecule is Cc1cc(C(=O)O)nc(OC2CCC2)n1. The molecule has 5 nitrogen and oxygen atoms in total. The minimum Gasteiger partial charge on any atom is -0.477 e. The number of carbonyl (C=O) groups is 1. The van der Waals surface area contributed by atoms with Gasteiger partial charge in [0, 0.05) is 5.69 Å². The molecule has 0 aromatic carbocycles. The second-order valence-electron chi connectivity index (χ2n) is 3.65. The first-order chi connectivity index (χ1) is 7.15. The molecule has 0 spiro atoms. The van der Waals surface area contributed by atoms with Crippen LogP contribution in [0.15, 0.2) is 6.07 Å². The number of nitrogens with zero attached hydrogens (tertiary/aromatic N) is 2. The summed E-state index contributed by atoms with van der Waals surface area (Å²) in [7, 11) is 0. The van der Waals surface area contributed by atoms with Gasteiger partial charge in [-0.2, -0.15) is 4.98 Å². The van der Waals surface area contributed by atoms with E-state index < -0.39 is 5.97 Å². The van der Waals surface area contributed by atoms with E-state index >= 15 is 0 Å². The van der Waals surface area contributed by atoms with Gasteiger partial charge in [-0.25, -0.2) is 9.78 Å². The van der Waals surface area contributed by atoms with Crippen LogP contribution in [0.25, 0.3) is 0 Å². The lowest BCUT2D eigenvalue weighted by atomic mass is 9.96. The molecule has 1 aliphatic rings. The van der Waals surface area contributed by atoms with Gasteiger partial charge >= 0.3 is 12.0 Å². The van der Waals surface area contributed by atoms with Crippen LogP contribution in [-0.4, -0.2) is 27.1 Å². The van der Waals surface area contributed by atoms with Crippen molar-refractivity contribution in [3.05, 3.63) is 17.5 Å². The fourth-order valence-electron chi connectivity index (χ4n) is 1.34. The zero-order chi connectivity index (χ0) is 10.8. The highest BCUT2D eigenvalue weighted by molar-refractivity contribution is 5.85. The second-order valence-corrected chi connectivity index (χ2v) is 3.65. The van der Waals surface area contributed by atoms with Crippen molar-refractivity contribution in [2.45, 2.75) is 32.3 Å². The third kappa shape index (κ3) is 2.23. The van der Waals surface area contributed by atoms with Crippen LogP contribution in [0.3, 0.4) is 0 Å². The molecule has 80 valence electrons. The quantitative estimate of drug-likeness (QED) is 0.813. The van der Waals surface area contributed by atoms with E-state index in [1.54, 1.807) is 6.92 Å². The number of hydrogen-bond donors (Lipinski definition) is 1. The van der Waals surface area contributed by atoms with E-state index in [2.05, 4.69) is 9.97 Å². The Labute approximate surface area is 87.1 Å². The van der Waals surface area contributed by atoms with Gasteiger partial charge in [-0.3, -0.25) is 0 Å². The summed E-state index contributed by atoms with van der Waals surface area (Å²) < 4.78 is 5.44. The zero-order valence-electron chi connectivity index (χ0n) is 8.43. The van der Waals surface area contributed by atoms with Crippen LogP contribution in [0.5, 0.6) is 6.01 Å². The summed E-state index contributed by atoms with van der Waals surface area (Å²) >= 11 is 0. The number of aromatic nitrogens is 2. The van der Waals surface area contributed by atoms with Gasteiger partial charge < -0.3 is 9.84 Å². The van der Waals surface area contributed by atoms with Gasteiger partial charge in [-0.05, 0) is 32.3 Å². The summed E-state index contributed by atoms with van der Waals surface area (Å²) in [4.78, 5) is 18.6. The first-order valence-corrected chi connectivity index (χ1v) is 4.91. The molecular weight excluding hydrogens is 196 g/mol. The van der Waals surface area contributed by atoms with Crippen molar-refractivity contribution in [3.8, 4) is 6.01 Å². The largest absolute Gasteiger partial charge is 0.477 e. The second kappa shape index (κ2) is 3.84. The molecule has 0 atom stereocenters. The van der Waals surface area contributed by atoms with Crippen molar-refractivity contribution in [2.24, 2.45) is 0 Å². The van der Waals surface area contributed by atoms with Crippen molar-refractivity contribution in [2.75, 3.05) is 0 Å². The highest BCUT2D eigenvalue weighted by atomic mass is 16.5. The van der Waals surface area contributed by atoms with E-state index in [-0.39, 0.29) is 17.8 Å². The first kappa shape index (κ1) is 9.89. The minimum atomic E-state index is -1.06. The van der Waals surface area contributed by atoms with Gasteiger partial charge in [-0.15, -0.1) is 0 Å². The fraction of sp³-hybridized carbons (Fsp3) is 0.500. The number of ether oxygens (including phenoxy) is 1. The summed E-state index contributed by atoms with van der Waals surface area (Å²) in [5, 5.41) is 8.79. The zero-order valence-corrected chi connectivity index (χ0v) is 8.43. The normalized spacial score (nSPS) is 15.8. The lowest BCUT2D eigenvalue weighted by Crippen LogP contribution is -2.25. The highest BCUT2D eigenvalue weighted by Crippen LogP contribution is 2.23. The Hall–Kier alpha value is -1.65. The Morgan fingerprint density at radius 3 is 2.80 bits per heavy atom. The topological polar surface area (TPSA) is 72.3 Å². The van der Waals surface area contributed by atoms with Crippen LogP contribution in [0.4, 0.5) is 0 Å². The highest BCUT2D eigenvalue weighted by Gasteiger charge is 2.21. The molecule has 2 rings (SSSR count). The van der Waals surface area contributed by atoms with Crippen LogP contribution in [0.1, 0.15) is 35.4 Å². The van der Waals surface area contributed by atoms with Gasteiger partial charge in [-0.1, -0.05) is 0 Å². The third-order valence-electron chi connectivity index (χ3n) is 2.38. The molecule has 15 heavy (non-hydrogen) atoms. The number of carboxylic acid groups (broad SMARTS) is 1. The van der Waals surface area contributed by atoms with E-state index in [1.807, 2.05) is 0 Å². The predicted molar refractivity (Wildman–Crippen MR) is 52.0 cm³/mol. The number of rotatable bonds is 3. The average molecular weight is 208 g/mol. The van der Waals surface area contributed by atoms with Crippen molar-refractivity contribution < 1.29 is 14.6 Å². The molecule has 5 heteroatoms. The van der Waals surface area contributed by atoms with Gasteiger partial charge in [0.1, 0.15) is 6.10 Å². The molecule has 0 radical (unpaired) electrons. The molecule has 1 heterocycles. The number of aromatic carboxylic acids is 1. The minimum absolute atomic E-state index is 0.0168. The average Bonchev–Trinajstić information content (AvgIpc) is 2.10. The van der Waals surface area contributed by atoms with Crippen molar-refractivity contribution in [1.29, 1.82) is 0 Å². The van der Waals surface area contributed by atoms with Crippen LogP contribution in [0, 0.1) is 6.92 Å². The van der Waals surface area contributed by atoms with Gasteiger partial charge in [0.2, 0.25) is 0 Å². The van der Waals surface area contributed by atoms with E-state index in [4.69, 9.17) is 9.84 Å². The Bertz CT molecular complexity index is 388. The number of aryl methyl sites for hydroxylation is 1. The molecule has 0 amide bonds. The summed E-state index contributed by atoms with van der Waals surface area (Å²) in [6, 6.07) is 1.60. The molecule has 1 N–H and O–H groups in total. The molecule has 0 saturated heterocycles. The lowest BCUT2D eigenvalue weighted by Gasteiger charge is -2.25. The van der Waals surface area contributed by atoms with Gasteiger partial charge in [0.15, 0.2) is 5.69 Å².